The first-order valence-corrected chi connectivity index (χ1v) is 6.44. The Kier molecular flexibility index (Phi) is 3.09. The Morgan fingerprint density at radius 2 is 1.80 bits per heavy atom. The molecule has 2 heteroatoms. The van der Waals surface area contributed by atoms with Gasteiger partial charge in [-0.05, 0) is 46.0 Å². The predicted molar refractivity (Wildman–Crippen MR) is 63.1 cm³/mol. The lowest BCUT2D eigenvalue weighted by Gasteiger charge is -2.47. The number of hydrogen-bond acceptors (Lipinski definition) is 2. The molecule has 2 atom stereocenters. The van der Waals surface area contributed by atoms with Crippen LogP contribution in [0.1, 0.15) is 52.9 Å². The van der Waals surface area contributed by atoms with Crippen LogP contribution in [0.3, 0.4) is 0 Å². The molecular formula is C13H25NO. The van der Waals surface area contributed by atoms with E-state index in [-0.39, 0.29) is 5.60 Å². The Balaban J connectivity index is 2.13. The number of hydrogen-bond donors (Lipinski definition) is 0. The fourth-order valence-corrected chi connectivity index (χ4v) is 3.78. The number of ether oxygens (including phenoxy) is 1. The summed E-state index contributed by atoms with van der Waals surface area (Å²) in [5.74, 6) is 0. The number of methoxy groups -OCH3 is 1. The quantitative estimate of drug-likeness (QED) is 0.712. The lowest BCUT2D eigenvalue weighted by molar-refractivity contribution is -0.0896. The van der Waals surface area contributed by atoms with E-state index >= 15 is 0 Å². The van der Waals surface area contributed by atoms with E-state index in [4.69, 9.17) is 4.74 Å². The predicted octanol–water partition coefficient (Wildman–Crippen LogP) is 2.82. The second kappa shape index (κ2) is 4.06. The smallest absolute Gasteiger partial charge is 0.0706 e. The summed E-state index contributed by atoms with van der Waals surface area (Å²) in [5.41, 5.74) is 0.192. The normalized spacial score (nSPS) is 41.4. The summed E-state index contributed by atoms with van der Waals surface area (Å²) < 4.78 is 5.81. The molecule has 0 aliphatic carbocycles. The summed E-state index contributed by atoms with van der Waals surface area (Å²) in [6.45, 7) is 6.93. The molecule has 2 nitrogen and oxygen atoms in total. The molecule has 0 radical (unpaired) electrons. The third-order valence-electron chi connectivity index (χ3n) is 4.57. The molecule has 2 saturated heterocycles. The lowest BCUT2D eigenvalue weighted by atomic mass is 9.83. The van der Waals surface area contributed by atoms with Crippen LogP contribution in [0.4, 0.5) is 0 Å². The molecule has 2 aliphatic rings. The molecule has 2 heterocycles. The Bertz CT molecular complexity index is 207. The van der Waals surface area contributed by atoms with E-state index in [9.17, 15) is 0 Å². The van der Waals surface area contributed by atoms with Crippen molar-refractivity contribution in [3.63, 3.8) is 0 Å². The summed E-state index contributed by atoms with van der Waals surface area (Å²) in [7, 11) is 1.90. The molecule has 2 fully saturated rings. The van der Waals surface area contributed by atoms with Crippen molar-refractivity contribution in [2.75, 3.05) is 7.11 Å². The zero-order chi connectivity index (χ0) is 11.1. The van der Waals surface area contributed by atoms with Gasteiger partial charge < -0.3 is 4.74 Å². The molecule has 0 aromatic rings. The monoisotopic (exact) mass is 211 g/mol. The topological polar surface area (TPSA) is 12.5 Å². The third kappa shape index (κ3) is 1.83. The number of nitrogens with zero attached hydrogens (tertiary/aromatic N) is 1. The molecule has 88 valence electrons. The molecule has 2 bridgehead atoms. The van der Waals surface area contributed by atoms with Crippen molar-refractivity contribution in [1.82, 2.24) is 4.90 Å². The minimum Gasteiger partial charge on any atom is -0.378 e. The SMILES string of the molecule is CCC1(OC)CC2CCC(C1)N2C(C)C. The standard InChI is InChI=1S/C13H25NO/c1-5-13(15-4)8-11-6-7-12(9-13)14(11)10(2)3/h10-12H,5-9H2,1-4H3. The number of rotatable bonds is 3. The first kappa shape index (κ1) is 11.4. The van der Waals surface area contributed by atoms with Crippen molar-refractivity contribution in [1.29, 1.82) is 0 Å². The van der Waals surface area contributed by atoms with Crippen molar-refractivity contribution in [3.8, 4) is 0 Å². The van der Waals surface area contributed by atoms with Gasteiger partial charge in [-0.25, -0.2) is 0 Å². The maximum Gasteiger partial charge on any atom is 0.0706 e. The second-order valence-electron chi connectivity index (χ2n) is 5.57. The van der Waals surface area contributed by atoms with Crippen molar-refractivity contribution in [3.05, 3.63) is 0 Å². The molecule has 0 N–H and O–H groups in total. The van der Waals surface area contributed by atoms with Gasteiger partial charge in [0.25, 0.3) is 0 Å². The van der Waals surface area contributed by atoms with Gasteiger partial charge in [-0.3, -0.25) is 4.90 Å². The fraction of sp³-hybridized carbons (Fsp3) is 1.00. The minimum atomic E-state index is 0.192. The summed E-state index contributed by atoms with van der Waals surface area (Å²) in [4.78, 5) is 2.73. The average Bonchev–Trinajstić information content (AvgIpc) is 2.51. The molecule has 2 unspecified atom stereocenters. The van der Waals surface area contributed by atoms with Crippen LogP contribution >= 0.6 is 0 Å². The molecule has 0 saturated carbocycles. The highest BCUT2D eigenvalue weighted by Gasteiger charge is 2.48. The van der Waals surface area contributed by atoms with E-state index in [2.05, 4.69) is 25.7 Å². The van der Waals surface area contributed by atoms with E-state index in [1.165, 1.54) is 32.1 Å². The van der Waals surface area contributed by atoms with Crippen LogP contribution in [0.25, 0.3) is 0 Å². The Morgan fingerprint density at radius 1 is 1.27 bits per heavy atom. The van der Waals surface area contributed by atoms with Gasteiger partial charge in [0.2, 0.25) is 0 Å². The lowest BCUT2D eigenvalue weighted by Crippen LogP contribution is -2.53. The maximum absolute atomic E-state index is 5.81. The highest BCUT2D eigenvalue weighted by atomic mass is 16.5. The van der Waals surface area contributed by atoms with E-state index in [0.29, 0.717) is 6.04 Å². The van der Waals surface area contributed by atoms with Gasteiger partial charge in [0.15, 0.2) is 0 Å². The van der Waals surface area contributed by atoms with Crippen LogP contribution in [0, 0.1) is 0 Å². The number of piperidine rings is 1. The molecule has 0 spiro atoms. The van der Waals surface area contributed by atoms with Crippen LogP contribution in [0.2, 0.25) is 0 Å². The Labute approximate surface area is 94.0 Å². The molecule has 0 aromatic carbocycles. The van der Waals surface area contributed by atoms with Crippen molar-refractivity contribution < 1.29 is 4.74 Å². The highest BCUT2D eigenvalue weighted by Crippen LogP contribution is 2.44. The molecule has 15 heavy (non-hydrogen) atoms. The van der Waals surface area contributed by atoms with Crippen LogP contribution in [-0.2, 0) is 4.74 Å². The maximum atomic E-state index is 5.81. The van der Waals surface area contributed by atoms with Gasteiger partial charge >= 0.3 is 0 Å². The van der Waals surface area contributed by atoms with Crippen LogP contribution in [-0.4, -0.2) is 35.7 Å². The van der Waals surface area contributed by atoms with E-state index in [0.717, 1.165) is 12.1 Å². The summed E-state index contributed by atoms with van der Waals surface area (Å²) in [5, 5.41) is 0. The summed E-state index contributed by atoms with van der Waals surface area (Å²) in [6, 6.07) is 2.27. The largest absolute Gasteiger partial charge is 0.378 e. The van der Waals surface area contributed by atoms with Crippen molar-refractivity contribution in [2.45, 2.75) is 76.6 Å². The average molecular weight is 211 g/mol. The summed E-state index contributed by atoms with van der Waals surface area (Å²) >= 11 is 0. The van der Waals surface area contributed by atoms with Gasteiger partial charge in [-0.15, -0.1) is 0 Å². The molecule has 0 amide bonds. The van der Waals surface area contributed by atoms with Gasteiger partial charge in [-0.2, -0.15) is 0 Å². The van der Waals surface area contributed by atoms with E-state index in [1.54, 1.807) is 0 Å². The van der Waals surface area contributed by atoms with Crippen molar-refractivity contribution in [2.24, 2.45) is 0 Å². The van der Waals surface area contributed by atoms with Gasteiger partial charge in [0, 0.05) is 25.2 Å². The molecular weight excluding hydrogens is 186 g/mol. The zero-order valence-corrected chi connectivity index (χ0v) is 10.6. The van der Waals surface area contributed by atoms with Gasteiger partial charge in [-0.1, -0.05) is 6.92 Å². The molecule has 0 aromatic heterocycles. The van der Waals surface area contributed by atoms with Crippen LogP contribution < -0.4 is 0 Å². The van der Waals surface area contributed by atoms with E-state index < -0.39 is 0 Å². The molecule has 2 rings (SSSR count). The second-order valence-corrected chi connectivity index (χ2v) is 5.57. The Hall–Kier alpha value is -0.0800. The minimum absolute atomic E-state index is 0.192. The van der Waals surface area contributed by atoms with Crippen molar-refractivity contribution >= 4 is 0 Å². The van der Waals surface area contributed by atoms with E-state index in [1.807, 2.05) is 7.11 Å². The molecule has 2 aliphatic heterocycles. The first-order valence-electron chi connectivity index (χ1n) is 6.44. The fourth-order valence-electron chi connectivity index (χ4n) is 3.78. The van der Waals surface area contributed by atoms with Crippen LogP contribution in [0.15, 0.2) is 0 Å². The Morgan fingerprint density at radius 3 is 2.13 bits per heavy atom. The first-order chi connectivity index (χ1) is 7.12. The van der Waals surface area contributed by atoms with Crippen LogP contribution in [0.5, 0.6) is 0 Å². The van der Waals surface area contributed by atoms with Gasteiger partial charge in [0.1, 0.15) is 0 Å². The number of fused-ring (bicyclic) bond motifs is 2. The third-order valence-corrected chi connectivity index (χ3v) is 4.57. The highest BCUT2D eigenvalue weighted by molar-refractivity contribution is 5.03. The summed E-state index contributed by atoms with van der Waals surface area (Å²) in [6.07, 6.45) is 6.42. The zero-order valence-electron chi connectivity index (χ0n) is 10.6. The van der Waals surface area contributed by atoms with Gasteiger partial charge in [0.05, 0.1) is 5.60 Å².